The molecule has 3 rings (SSSR count). The fraction of sp³-hybridized carbons (Fsp3) is 0.188. The maximum absolute atomic E-state index is 12.7. The van der Waals surface area contributed by atoms with Crippen molar-refractivity contribution in [2.24, 2.45) is 0 Å². The number of fused-ring (bicyclic) bond motifs is 1. The predicted octanol–water partition coefficient (Wildman–Crippen LogP) is 4.37. The first-order chi connectivity index (χ1) is 10.5. The van der Waals surface area contributed by atoms with E-state index in [2.05, 4.69) is 20.9 Å². The Kier molecular flexibility index (Phi) is 5.03. The van der Waals surface area contributed by atoms with Crippen molar-refractivity contribution in [1.29, 1.82) is 0 Å². The van der Waals surface area contributed by atoms with Crippen LogP contribution in [0.1, 0.15) is 19.5 Å². The van der Waals surface area contributed by atoms with Crippen LogP contribution in [0.5, 0.6) is 0 Å². The van der Waals surface area contributed by atoms with Crippen LogP contribution in [0.2, 0.25) is 0 Å². The molecule has 4 nitrogen and oxygen atoms in total. The Morgan fingerprint density at radius 1 is 1.09 bits per heavy atom. The molecule has 0 amide bonds. The number of aromatic nitrogens is 2. The molecule has 2 heterocycles. The van der Waals surface area contributed by atoms with Gasteiger partial charge in [-0.1, -0.05) is 32.0 Å². The fourth-order valence-corrected chi connectivity index (χ4v) is 4.10. The minimum absolute atomic E-state index is 0.252. The summed E-state index contributed by atoms with van der Waals surface area (Å²) in [4.78, 5) is 4.46. The van der Waals surface area contributed by atoms with Gasteiger partial charge in [-0.2, -0.15) is 0 Å². The average molecular weight is 381 g/mol. The Bertz CT molecular complexity index is 887. The number of rotatable bonds is 2. The van der Waals surface area contributed by atoms with E-state index in [1.54, 1.807) is 49.5 Å². The fourth-order valence-electron chi connectivity index (χ4n) is 2.17. The van der Waals surface area contributed by atoms with Crippen LogP contribution < -0.4 is 0 Å². The summed E-state index contributed by atoms with van der Waals surface area (Å²) in [5.41, 5.74) is 1.06. The molecule has 0 atom stereocenters. The minimum Gasteiger partial charge on any atom is -0.237 e. The van der Waals surface area contributed by atoms with E-state index in [0.29, 0.717) is 11.3 Å². The molecule has 0 aliphatic rings. The molecule has 0 unspecified atom stereocenters. The lowest BCUT2D eigenvalue weighted by Gasteiger charge is -2.09. The largest absolute Gasteiger partial charge is 0.269 e. The smallest absolute Gasteiger partial charge is 0.237 e. The normalized spacial score (nSPS) is 11.1. The number of hydrogen-bond donors (Lipinski definition) is 0. The first kappa shape index (κ1) is 16.7. The molecular formula is C16H17BrN2O2S. The summed E-state index contributed by atoms with van der Waals surface area (Å²) >= 11 is 3.42. The van der Waals surface area contributed by atoms with Gasteiger partial charge in [0.2, 0.25) is 0 Å². The highest BCUT2D eigenvalue weighted by Gasteiger charge is 2.22. The second-order valence-corrected chi connectivity index (χ2v) is 7.04. The molecule has 1 aromatic carbocycles. The van der Waals surface area contributed by atoms with Gasteiger partial charge in [-0.05, 0) is 47.1 Å². The van der Waals surface area contributed by atoms with Gasteiger partial charge in [0.15, 0.2) is 5.65 Å². The number of pyridine rings is 1. The topological polar surface area (TPSA) is 52.0 Å². The van der Waals surface area contributed by atoms with Gasteiger partial charge in [0.1, 0.15) is 0 Å². The lowest BCUT2D eigenvalue weighted by Crippen LogP contribution is -2.14. The molecule has 0 aliphatic carbocycles. The van der Waals surface area contributed by atoms with Crippen molar-refractivity contribution >= 4 is 37.0 Å². The molecule has 0 fully saturated rings. The SMILES string of the molecule is CC.Cc1cc2c(Br)ccnc2n1S(=O)(=O)c1ccccc1. The van der Waals surface area contributed by atoms with Crippen molar-refractivity contribution in [2.75, 3.05) is 0 Å². The molecule has 0 saturated carbocycles. The molecule has 0 N–H and O–H groups in total. The lowest BCUT2D eigenvalue weighted by molar-refractivity contribution is 0.587. The van der Waals surface area contributed by atoms with E-state index in [-0.39, 0.29) is 4.90 Å². The molecule has 0 saturated heterocycles. The second-order valence-electron chi connectivity index (χ2n) is 4.40. The summed E-state index contributed by atoms with van der Waals surface area (Å²) in [5, 5.41) is 0.782. The molecule has 0 bridgehead atoms. The van der Waals surface area contributed by atoms with Crippen LogP contribution in [-0.4, -0.2) is 17.4 Å². The van der Waals surface area contributed by atoms with Crippen LogP contribution >= 0.6 is 15.9 Å². The Morgan fingerprint density at radius 2 is 1.73 bits per heavy atom. The van der Waals surface area contributed by atoms with Crippen molar-refractivity contribution in [3.63, 3.8) is 0 Å². The first-order valence-electron chi connectivity index (χ1n) is 6.95. The zero-order valence-electron chi connectivity index (χ0n) is 12.6. The summed E-state index contributed by atoms with van der Waals surface area (Å²) < 4.78 is 27.6. The summed E-state index contributed by atoms with van der Waals surface area (Å²) in [6, 6.07) is 12.0. The zero-order valence-corrected chi connectivity index (χ0v) is 15.0. The van der Waals surface area contributed by atoms with Crippen LogP contribution in [0.3, 0.4) is 0 Å². The summed E-state index contributed by atoms with van der Waals surface area (Å²) in [5.74, 6) is 0. The summed E-state index contributed by atoms with van der Waals surface area (Å²) in [6.45, 7) is 5.76. The Hall–Kier alpha value is -1.66. The molecule has 0 aliphatic heterocycles. The highest BCUT2D eigenvalue weighted by molar-refractivity contribution is 9.10. The van der Waals surface area contributed by atoms with Crippen LogP contribution in [0.25, 0.3) is 11.0 Å². The summed E-state index contributed by atoms with van der Waals surface area (Å²) in [7, 11) is -3.64. The number of nitrogens with zero attached hydrogens (tertiary/aromatic N) is 2. The molecule has 0 spiro atoms. The molecule has 0 radical (unpaired) electrons. The highest BCUT2D eigenvalue weighted by atomic mass is 79.9. The van der Waals surface area contributed by atoms with Crippen molar-refractivity contribution in [1.82, 2.24) is 8.96 Å². The van der Waals surface area contributed by atoms with Crippen molar-refractivity contribution in [3.05, 3.63) is 58.8 Å². The third-order valence-electron chi connectivity index (χ3n) is 3.06. The van der Waals surface area contributed by atoms with Gasteiger partial charge < -0.3 is 0 Å². The van der Waals surface area contributed by atoms with Crippen LogP contribution in [0.4, 0.5) is 0 Å². The Morgan fingerprint density at radius 3 is 2.36 bits per heavy atom. The van der Waals surface area contributed by atoms with E-state index in [1.807, 2.05) is 19.9 Å². The van der Waals surface area contributed by atoms with E-state index in [1.165, 1.54) is 3.97 Å². The van der Waals surface area contributed by atoms with E-state index in [4.69, 9.17) is 0 Å². The quantitative estimate of drug-likeness (QED) is 0.662. The standard InChI is InChI=1S/C14H11BrN2O2S.C2H6/c1-10-9-12-13(15)7-8-16-14(12)17(10)20(18,19)11-5-3-2-4-6-11;1-2/h2-9H,1H3;1-2H3. The average Bonchev–Trinajstić information content (AvgIpc) is 2.88. The number of benzene rings is 1. The van der Waals surface area contributed by atoms with E-state index >= 15 is 0 Å². The Labute approximate surface area is 139 Å². The number of halogens is 1. The zero-order chi connectivity index (χ0) is 16.3. The van der Waals surface area contributed by atoms with Gasteiger partial charge in [0.25, 0.3) is 10.0 Å². The second kappa shape index (κ2) is 6.62. The molecule has 6 heteroatoms. The van der Waals surface area contributed by atoms with Gasteiger partial charge in [-0.3, -0.25) is 0 Å². The molecule has 3 aromatic rings. The van der Waals surface area contributed by atoms with E-state index < -0.39 is 10.0 Å². The summed E-state index contributed by atoms with van der Waals surface area (Å²) in [6.07, 6.45) is 1.59. The molecule has 116 valence electrons. The van der Waals surface area contributed by atoms with Gasteiger partial charge >= 0.3 is 0 Å². The predicted molar refractivity (Wildman–Crippen MR) is 92.5 cm³/mol. The third kappa shape index (κ3) is 2.80. The van der Waals surface area contributed by atoms with E-state index in [0.717, 1.165) is 9.86 Å². The van der Waals surface area contributed by atoms with Gasteiger partial charge in [-0.15, -0.1) is 0 Å². The van der Waals surface area contributed by atoms with E-state index in [9.17, 15) is 8.42 Å². The van der Waals surface area contributed by atoms with Crippen molar-refractivity contribution < 1.29 is 8.42 Å². The van der Waals surface area contributed by atoms with Crippen LogP contribution in [0.15, 0.2) is 58.0 Å². The molecule has 2 aromatic heterocycles. The van der Waals surface area contributed by atoms with Gasteiger partial charge in [0, 0.05) is 21.7 Å². The Balaban J connectivity index is 0.000000847. The maximum Gasteiger partial charge on any atom is 0.269 e. The molecular weight excluding hydrogens is 364 g/mol. The third-order valence-corrected chi connectivity index (χ3v) is 5.56. The lowest BCUT2D eigenvalue weighted by atomic mass is 10.3. The van der Waals surface area contributed by atoms with Crippen LogP contribution in [-0.2, 0) is 10.0 Å². The minimum atomic E-state index is -3.64. The van der Waals surface area contributed by atoms with Crippen molar-refractivity contribution in [3.8, 4) is 0 Å². The molecule has 22 heavy (non-hydrogen) atoms. The first-order valence-corrected chi connectivity index (χ1v) is 9.18. The number of hydrogen-bond acceptors (Lipinski definition) is 3. The number of aryl methyl sites for hydroxylation is 1. The highest BCUT2D eigenvalue weighted by Crippen LogP contribution is 2.28. The maximum atomic E-state index is 12.7. The van der Waals surface area contributed by atoms with Crippen LogP contribution in [0, 0.1) is 6.92 Å². The monoisotopic (exact) mass is 380 g/mol. The van der Waals surface area contributed by atoms with Crippen molar-refractivity contribution in [2.45, 2.75) is 25.7 Å². The van der Waals surface area contributed by atoms with Gasteiger partial charge in [-0.25, -0.2) is 17.4 Å². The van der Waals surface area contributed by atoms with Gasteiger partial charge in [0.05, 0.1) is 4.90 Å².